The van der Waals surface area contributed by atoms with Crippen molar-refractivity contribution in [3.8, 4) is 11.5 Å². The zero-order valence-corrected chi connectivity index (χ0v) is 16.4. The van der Waals surface area contributed by atoms with Crippen LogP contribution in [0.4, 0.5) is 0 Å². The maximum Gasteiger partial charge on any atom is 0.232 e. The number of nitrogens with zero attached hydrogens (tertiary/aromatic N) is 1. The Bertz CT molecular complexity index is 627. The van der Waals surface area contributed by atoms with Gasteiger partial charge in [0.05, 0.1) is 19.6 Å². The highest BCUT2D eigenvalue weighted by Gasteiger charge is 2.45. The van der Waals surface area contributed by atoms with E-state index in [9.17, 15) is 4.79 Å². The fraction of sp³-hybridized carbons (Fsp3) is 0.632. The van der Waals surface area contributed by atoms with Gasteiger partial charge >= 0.3 is 0 Å². The third kappa shape index (κ3) is 3.58. The van der Waals surface area contributed by atoms with E-state index < -0.39 is 5.41 Å². The van der Waals surface area contributed by atoms with Gasteiger partial charge in [0.25, 0.3) is 0 Å². The topological polar surface area (TPSA) is 50.8 Å². The highest BCUT2D eigenvalue weighted by Crippen LogP contribution is 2.39. The monoisotopic (exact) mass is 368 g/mol. The second-order valence-corrected chi connectivity index (χ2v) is 7.60. The summed E-state index contributed by atoms with van der Waals surface area (Å²) in [6.45, 7) is 7.82. The summed E-state index contributed by atoms with van der Waals surface area (Å²) in [7, 11) is 3.24. The summed E-state index contributed by atoms with van der Waals surface area (Å²) in [6.07, 6.45) is 2.28. The quantitative estimate of drug-likeness (QED) is 0.887. The molecule has 2 aliphatic heterocycles. The van der Waals surface area contributed by atoms with Crippen molar-refractivity contribution < 1.29 is 14.3 Å². The molecular weight excluding hydrogens is 340 g/mol. The molecule has 1 unspecified atom stereocenters. The lowest BCUT2D eigenvalue weighted by atomic mass is 9.82. The molecule has 0 aliphatic carbocycles. The molecule has 3 rings (SSSR count). The molecule has 140 valence electrons. The lowest BCUT2D eigenvalue weighted by molar-refractivity contribution is -0.135. The van der Waals surface area contributed by atoms with Crippen molar-refractivity contribution >= 4 is 18.3 Å². The number of likely N-dealkylation sites (tertiary alicyclic amines) is 1. The fourth-order valence-electron chi connectivity index (χ4n) is 4.00. The van der Waals surface area contributed by atoms with Gasteiger partial charge in [0, 0.05) is 25.0 Å². The molecule has 5 nitrogen and oxygen atoms in total. The number of carbonyl (C=O) groups excluding carboxylic acids is 1. The average Bonchev–Trinajstić information content (AvgIpc) is 3.23. The summed E-state index contributed by atoms with van der Waals surface area (Å²) >= 11 is 0. The summed E-state index contributed by atoms with van der Waals surface area (Å²) in [5.74, 6) is 1.54. The number of hydrogen-bond donors (Lipinski definition) is 1. The molecule has 0 aromatic heterocycles. The minimum absolute atomic E-state index is 0. The number of halogens is 1. The van der Waals surface area contributed by atoms with Crippen LogP contribution < -0.4 is 14.8 Å². The van der Waals surface area contributed by atoms with Crippen LogP contribution in [0.1, 0.15) is 32.3 Å². The van der Waals surface area contributed by atoms with Gasteiger partial charge in [-0.2, -0.15) is 0 Å². The molecule has 1 amide bonds. The van der Waals surface area contributed by atoms with Crippen LogP contribution in [0.25, 0.3) is 0 Å². The molecule has 6 heteroatoms. The standard InChI is InChI=1S/C19H28N2O3.ClH/c1-18(2,14-5-6-15(23-3)16(11-14)24-4)17(22)21-10-8-19(13-21)7-9-20-12-19;/h5-6,11,20H,7-10,12-13H2,1-4H3;1H. The van der Waals surface area contributed by atoms with E-state index in [4.69, 9.17) is 9.47 Å². The van der Waals surface area contributed by atoms with Crippen molar-refractivity contribution in [3.05, 3.63) is 23.8 Å². The van der Waals surface area contributed by atoms with E-state index in [0.29, 0.717) is 16.9 Å². The van der Waals surface area contributed by atoms with Crippen LogP contribution in [0.2, 0.25) is 0 Å². The third-order valence-corrected chi connectivity index (χ3v) is 5.70. The van der Waals surface area contributed by atoms with Gasteiger partial charge in [-0.1, -0.05) is 6.07 Å². The summed E-state index contributed by atoms with van der Waals surface area (Å²) < 4.78 is 10.7. The van der Waals surface area contributed by atoms with Crippen LogP contribution in [-0.2, 0) is 10.2 Å². The van der Waals surface area contributed by atoms with Crippen molar-refractivity contribution in [2.75, 3.05) is 40.4 Å². The lowest BCUT2D eigenvalue weighted by Gasteiger charge is -2.31. The Morgan fingerprint density at radius 2 is 1.92 bits per heavy atom. The van der Waals surface area contributed by atoms with E-state index in [1.165, 1.54) is 6.42 Å². The third-order valence-electron chi connectivity index (χ3n) is 5.70. The first kappa shape index (κ1) is 19.9. The Morgan fingerprint density at radius 1 is 1.20 bits per heavy atom. The number of hydrogen-bond acceptors (Lipinski definition) is 4. The maximum absolute atomic E-state index is 13.2. The summed E-state index contributed by atoms with van der Waals surface area (Å²) in [4.78, 5) is 15.2. The van der Waals surface area contributed by atoms with E-state index in [1.807, 2.05) is 36.9 Å². The highest BCUT2D eigenvalue weighted by molar-refractivity contribution is 5.88. The highest BCUT2D eigenvalue weighted by atomic mass is 35.5. The van der Waals surface area contributed by atoms with Crippen molar-refractivity contribution in [2.24, 2.45) is 5.41 Å². The van der Waals surface area contributed by atoms with Crippen LogP contribution >= 0.6 is 12.4 Å². The predicted molar refractivity (Wildman–Crippen MR) is 101 cm³/mol. The Hall–Kier alpha value is -1.46. The molecule has 2 heterocycles. The summed E-state index contributed by atoms with van der Waals surface area (Å²) in [5, 5.41) is 3.44. The number of nitrogens with one attached hydrogen (secondary N) is 1. The Balaban J connectivity index is 0.00000225. The zero-order valence-electron chi connectivity index (χ0n) is 15.6. The number of methoxy groups -OCH3 is 2. The van der Waals surface area contributed by atoms with Crippen LogP contribution in [0.3, 0.4) is 0 Å². The number of amides is 1. The molecule has 2 aliphatic rings. The second kappa shape index (κ2) is 7.42. The minimum Gasteiger partial charge on any atom is -0.493 e. The molecule has 1 atom stereocenters. The molecule has 2 saturated heterocycles. The number of ether oxygens (including phenoxy) is 2. The van der Waals surface area contributed by atoms with Gasteiger partial charge in [-0.25, -0.2) is 0 Å². The van der Waals surface area contributed by atoms with Crippen molar-refractivity contribution in [3.63, 3.8) is 0 Å². The normalized spacial score (nSPS) is 22.8. The number of carbonyl (C=O) groups is 1. The first-order valence-electron chi connectivity index (χ1n) is 8.64. The van der Waals surface area contributed by atoms with Gasteiger partial charge < -0.3 is 19.7 Å². The van der Waals surface area contributed by atoms with Gasteiger partial charge in [-0.05, 0) is 50.9 Å². The molecule has 0 saturated carbocycles. The SMILES string of the molecule is COc1ccc(C(C)(C)C(=O)N2CCC3(CCNC3)C2)cc1OC.Cl. The molecule has 1 aromatic carbocycles. The zero-order chi connectivity index (χ0) is 17.4. The fourth-order valence-corrected chi connectivity index (χ4v) is 4.00. The van der Waals surface area contributed by atoms with Crippen molar-refractivity contribution in [1.29, 1.82) is 0 Å². The van der Waals surface area contributed by atoms with Crippen molar-refractivity contribution in [2.45, 2.75) is 32.1 Å². The van der Waals surface area contributed by atoms with Gasteiger partial charge in [-0.3, -0.25) is 4.79 Å². The Kier molecular flexibility index (Phi) is 5.89. The van der Waals surface area contributed by atoms with E-state index in [-0.39, 0.29) is 18.3 Å². The largest absolute Gasteiger partial charge is 0.493 e. The Morgan fingerprint density at radius 3 is 2.52 bits per heavy atom. The molecule has 2 fully saturated rings. The lowest BCUT2D eigenvalue weighted by Crippen LogP contribution is -2.43. The summed E-state index contributed by atoms with van der Waals surface area (Å²) in [6, 6.07) is 5.75. The molecule has 25 heavy (non-hydrogen) atoms. The van der Waals surface area contributed by atoms with Crippen LogP contribution in [0.5, 0.6) is 11.5 Å². The van der Waals surface area contributed by atoms with Crippen LogP contribution in [-0.4, -0.2) is 51.2 Å². The van der Waals surface area contributed by atoms with E-state index in [2.05, 4.69) is 5.32 Å². The van der Waals surface area contributed by atoms with Gasteiger partial charge in [-0.15, -0.1) is 12.4 Å². The van der Waals surface area contributed by atoms with Crippen molar-refractivity contribution in [1.82, 2.24) is 10.2 Å². The average molecular weight is 369 g/mol. The maximum atomic E-state index is 13.2. The Labute approximate surface area is 156 Å². The van der Waals surface area contributed by atoms with Gasteiger partial charge in [0.1, 0.15) is 0 Å². The first-order chi connectivity index (χ1) is 11.4. The molecule has 1 N–H and O–H groups in total. The second-order valence-electron chi connectivity index (χ2n) is 7.60. The molecule has 1 spiro atoms. The minimum atomic E-state index is -0.586. The van der Waals surface area contributed by atoms with E-state index in [0.717, 1.165) is 38.2 Å². The van der Waals surface area contributed by atoms with Crippen LogP contribution in [0, 0.1) is 5.41 Å². The molecule has 0 radical (unpaired) electrons. The number of rotatable bonds is 4. The molecular formula is C19H29ClN2O3. The number of benzene rings is 1. The molecule has 1 aromatic rings. The molecule has 0 bridgehead atoms. The smallest absolute Gasteiger partial charge is 0.232 e. The van der Waals surface area contributed by atoms with E-state index >= 15 is 0 Å². The van der Waals surface area contributed by atoms with E-state index in [1.54, 1.807) is 14.2 Å². The predicted octanol–water partition coefficient (Wildman–Crippen LogP) is 2.62. The van der Waals surface area contributed by atoms with Gasteiger partial charge in [0.2, 0.25) is 5.91 Å². The van der Waals surface area contributed by atoms with Gasteiger partial charge in [0.15, 0.2) is 11.5 Å². The first-order valence-corrected chi connectivity index (χ1v) is 8.64. The van der Waals surface area contributed by atoms with Crippen LogP contribution in [0.15, 0.2) is 18.2 Å². The summed E-state index contributed by atoms with van der Waals surface area (Å²) in [5.41, 5.74) is 0.663.